The van der Waals surface area contributed by atoms with E-state index in [-0.39, 0.29) is 16.7 Å². The zero-order valence-electron chi connectivity index (χ0n) is 26.5. The maximum absolute atomic E-state index is 13.7. The van der Waals surface area contributed by atoms with Crippen molar-refractivity contribution in [1.82, 2.24) is 14.5 Å². The van der Waals surface area contributed by atoms with E-state index in [2.05, 4.69) is 98.4 Å². The fourth-order valence-corrected chi connectivity index (χ4v) is 13.1. The van der Waals surface area contributed by atoms with Crippen LogP contribution >= 0.6 is 11.3 Å². The third kappa shape index (κ3) is 5.58. The molecule has 7 rings (SSSR count). The quantitative estimate of drug-likeness (QED) is 0.182. The van der Waals surface area contributed by atoms with Gasteiger partial charge in [-0.25, -0.2) is 4.98 Å². The molecule has 45 heavy (non-hydrogen) atoms. The number of hydrogen-bond acceptors (Lipinski definition) is 6. The lowest BCUT2D eigenvalue weighted by molar-refractivity contribution is 0.0662. The average Bonchev–Trinajstić information content (AvgIpc) is 3.54. The van der Waals surface area contributed by atoms with Gasteiger partial charge >= 0.3 is 0 Å². The molecule has 3 aromatic carbocycles. The van der Waals surface area contributed by atoms with E-state index in [9.17, 15) is 4.79 Å². The van der Waals surface area contributed by atoms with Gasteiger partial charge in [-0.1, -0.05) is 81.4 Å². The average molecular weight is 636 g/mol. The van der Waals surface area contributed by atoms with Crippen molar-refractivity contribution >= 4 is 40.2 Å². The van der Waals surface area contributed by atoms with Crippen molar-refractivity contribution < 1.29 is 9.16 Å². The molecule has 0 radical (unpaired) electrons. The number of fused-ring (bicyclic) bond motifs is 3. The van der Waals surface area contributed by atoms with Crippen LogP contribution in [0.3, 0.4) is 0 Å². The van der Waals surface area contributed by atoms with Crippen molar-refractivity contribution in [3.8, 4) is 11.4 Å². The smallest absolute Gasteiger partial charge is 0.275 e. The van der Waals surface area contributed by atoms with Gasteiger partial charge in [0, 0.05) is 17.0 Å². The number of aromatic nitrogens is 2. The van der Waals surface area contributed by atoms with Gasteiger partial charge in [-0.2, -0.15) is 0 Å². The van der Waals surface area contributed by atoms with E-state index >= 15 is 0 Å². The van der Waals surface area contributed by atoms with E-state index in [0.29, 0.717) is 28.9 Å². The number of ether oxygens (including phenoxy) is 1. The van der Waals surface area contributed by atoms with Crippen LogP contribution in [-0.4, -0.2) is 48.0 Å². The van der Waals surface area contributed by atoms with Crippen LogP contribution in [-0.2, 0) is 11.0 Å². The molecule has 4 heterocycles. The largest absolute Gasteiger partial charge is 0.490 e. The van der Waals surface area contributed by atoms with Crippen LogP contribution in [0.5, 0.6) is 5.75 Å². The first-order valence-electron chi connectivity index (χ1n) is 16.0. The summed E-state index contributed by atoms with van der Waals surface area (Å²) >= 11 is 1.48. The molecule has 0 saturated carbocycles. The van der Waals surface area contributed by atoms with E-state index < -0.39 is 8.32 Å². The van der Waals surface area contributed by atoms with Crippen molar-refractivity contribution in [1.29, 1.82) is 0 Å². The summed E-state index contributed by atoms with van der Waals surface area (Å²) in [5.74, 6) is 0.855. The molecule has 0 N–H and O–H groups in total. The Balaban J connectivity index is 1.13. The Morgan fingerprint density at radius 3 is 2.07 bits per heavy atom. The lowest BCUT2D eigenvalue weighted by atomic mass is 10.0. The van der Waals surface area contributed by atoms with Crippen LogP contribution < -0.4 is 20.7 Å². The number of thiophene rings is 1. The van der Waals surface area contributed by atoms with E-state index in [0.717, 1.165) is 29.2 Å². The fourth-order valence-electron chi connectivity index (χ4n) is 7.49. The molecule has 232 valence electrons. The van der Waals surface area contributed by atoms with Crippen LogP contribution in [0, 0.1) is 0 Å². The van der Waals surface area contributed by atoms with Crippen LogP contribution in [0.2, 0.25) is 5.04 Å². The highest BCUT2D eigenvalue weighted by atomic mass is 32.1. The highest BCUT2D eigenvalue weighted by Gasteiger charge is 2.50. The molecule has 2 bridgehead atoms. The Morgan fingerprint density at radius 2 is 1.49 bits per heavy atom. The summed E-state index contributed by atoms with van der Waals surface area (Å²) in [6, 6.07) is 32.4. The van der Waals surface area contributed by atoms with Gasteiger partial charge in [0.1, 0.15) is 22.9 Å². The Hall–Kier alpha value is -3.56. The summed E-state index contributed by atoms with van der Waals surface area (Å²) in [5.41, 5.74) is 1.42. The summed E-state index contributed by atoms with van der Waals surface area (Å²) in [7, 11) is -0.453. The number of rotatable bonds is 8. The summed E-state index contributed by atoms with van der Waals surface area (Å²) in [5, 5.41) is 2.35. The molecule has 2 aliphatic heterocycles. The molecule has 2 aliphatic rings. The molecule has 0 spiro atoms. The molecule has 0 amide bonds. The van der Waals surface area contributed by atoms with Crippen molar-refractivity contribution in [2.75, 3.05) is 7.05 Å². The topological polar surface area (TPSA) is 56.6 Å². The molecule has 2 fully saturated rings. The lowest BCUT2D eigenvalue weighted by Crippen LogP contribution is -2.66. The SMILES string of the molecule is CN1[C@@H]2CC[C@H]1CC(Oc1ccc(-n3cnc4cc(CO[Si](c5ccccc5)(c5ccccc5)C(C)(C)C)sc4c3=O)cc1)C2. The summed E-state index contributed by atoms with van der Waals surface area (Å²) in [6.07, 6.45) is 6.59. The first-order chi connectivity index (χ1) is 21.7. The molecular formula is C37H41N3O3SSi. The Kier molecular flexibility index (Phi) is 8.02. The summed E-state index contributed by atoms with van der Waals surface area (Å²) in [4.78, 5) is 21.9. The fraction of sp³-hybridized carbons (Fsp3) is 0.351. The maximum Gasteiger partial charge on any atom is 0.275 e. The van der Waals surface area contributed by atoms with Crippen LogP contribution in [0.1, 0.15) is 51.3 Å². The second kappa shape index (κ2) is 12.0. The van der Waals surface area contributed by atoms with Gasteiger partial charge < -0.3 is 14.1 Å². The second-order valence-electron chi connectivity index (χ2n) is 13.6. The third-order valence-corrected chi connectivity index (χ3v) is 15.9. The predicted octanol–water partition coefficient (Wildman–Crippen LogP) is 6.53. The Bertz CT molecular complexity index is 1780. The van der Waals surface area contributed by atoms with Gasteiger partial charge in [0.2, 0.25) is 0 Å². The lowest BCUT2D eigenvalue weighted by Gasteiger charge is -2.43. The zero-order chi connectivity index (χ0) is 31.2. The minimum absolute atomic E-state index is 0.0674. The van der Waals surface area contributed by atoms with Crippen molar-refractivity contribution in [3.63, 3.8) is 0 Å². The molecule has 8 heteroatoms. The van der Waals surface area contributed by atoms with Crippen molar-refractivity contribution in [3.05, 3.63) is 113 Å². The minimum atomic E-state index is -2.70. The number of nitrogens with zero attached hydrogens (tertiary/aromatic N) is 3. The van der Waals surface area contributed by atoms with Gasteiger partial charge in [0.25, 0.3) is 13.9 Å². The zero-order valence-corrected chi connectivity index (χ0v) is 28.3. The first kappa shape index (κ1) is 30.1. The van der Waals surface area contributed by atoms with E-state index in [1.165, 1.54) is 34.6 Å². The van der Waals surface area contributed by atoms with Crippen LogP contribution in [0.4, 0.5) is 0 Å². The normalized spacial score (nSPS) is 20.5. The first-order valence-corrected chi connectivity index (χ1v) is 18.7. The molecule has 2 aromatic heterocycles. The number of piperidine rings is 1. The number of hydrogen-bond donors (Lipinski definition) is 0. The van der Waals surface area contributed by atoms with Crippen molar-refractivity contribution in [2.24, 2.45) is 0 Å². The van der Waals surface area contributed by atoms with E-state index in [1.54, 1.807) is 10.9 Å². The standard InChI is InChI=1S/C37H41N3O3SSi/c1-37(2,3)45(32-11-7-5-8-12-32,33-13-9-6-10-14-33)42-24-31-23-34-35(44-31)36(41)40(25-38-34)26-17-19-29(20-18-26)43-30-21-27-15-16-28(22-30)39(27)4/h5-14,17-20,23,25,27-28,30H,15-16,21-22,24H2,1-4H3/t27-,28+,30?. The highest BCUT2D eigenvalue weighted by Crippen LogP contribution is 2.38. The summed E-state index contributed by atoms with van der Waals surface area (Å²) in [6.45, 7) is 7.24. The molecule has 1 unspecified atom stereocenters. The molecule has 2 saturated heterocycles. The molecular weight excluding hydrogens is 595 g/mol. The predicted molar refractivity (Wildman–Crippen MR) is 186 cm³/mol. The molecule has 0 aliphatic carbocycles. The second-order valence-corrected chi connectivity index (χ2v) is 19.0. The van der Waals surface area contributed by atoms with Gasteiger partial charge in [-0.15, -0.1) is 11.3 Å². The molecule has 3 atom stereocenters. The monoisotopic (exact) mass is 635 g/mol. The van der Waals surface area contributed by atoms with Gasteiger partial charge in [0.05, 0.1) is 17.8 Å². The maximum atomic E-state index is 13.7. The Morgan fingerprint density at radius 1 is 0.889 bits per heavy atom. The van der Waals surface area contributed by atoms with Crippen molar-refractivity contribution in [2.45, 2.75) is 76.3 Å². The van der Waals surface area contributed by atoms with Gasteiger partial charge in [-0.05, 0) is 78.5 Å². The molecule has 5 aromatic rings. The van der Waals surface area contributed by atoms with E-state index in [1.807, 2.05) is 30.3 Å². The Labute approximate surface area is 270 Å². The number of benzene rings is 3. The van der Waals surface area contributed by atoms with Gasteiger partial charge in [-0.3, -0.25) is 9.36 Å². The molecule has 6 nitrogen and oxygen atoms in total. The summed E-state index contributed by atoms with van der Waals surface area (Å²) < 4.78 is 15.8. The minimum Gasteiger partial charge on any atom is -0.490 e. The van der Waals surface area contributed by atoms with E-state index in [4.69, 9.17) is 9.16 Å². The highest BCUT2D eigenvalue weighted by molar-refractivity contribution is 7.18. The third-order valence-electron chi connectivity index (χ3n) is 9.81. The van der Waals surface area contributed by atoms with Gasteiger partial charge in [0.15, 0.2) is 0 Å². The van der Waals surface area contributed by atoms with Crippen LogP contribution in [0.15, 0.2) is 102 Å². The van der Waals surface area contributed by atoms with Crippen LogP contribution in [0.25, 0.3) is 15.9 Å².